The molecule has 0 aromatic heterocycles. The smallest absolute Gasteiger partial charge is 0.350 e. The van der Waals surface area contributed by atoms with E-state index in [2.05, 4.69) is 10.6 Å². The van der Waals surface area contributed by atoms with Crippen LogP contribution in [0.3, 0.4) is 0 Å². The van der Waals surface area contributed by atoms with E-state index in [-0.39, 0.29) is 22.5 Å². The summed E-state index contributed by atoms with van der Waals surface area (Å²) in [4.78, 5) is 35.7. The molecule has 0 saturated carbocycles. The largest absolute Gasteiger partial charge is 0.419 e. The maximum atomic E-state index is 12.0. The molecule has 8 heteroatoms. The minimum atomic E-state index is -1.29. The van der Waals surface area contributed by atoms with Gasteiger partial charge in [0.2, 0.25) is 0 Å². The lowest BCUT2D eigenvalue weighted by atomic mass is 10.1. The number of carbonyl (C=O) groups is 3. The lowest BCUT2D eigenvalue weighted by Gasteiger charge is -2.29. The topological polar surface area (TPSA) is 93.7 Å². The Kier molecular flexibility index (Phi) is 5.37. The molecule has 2 N–H and O–H groups in total. The highest BCUT2D eigenvalue weighted by Crippen LogP contribution is 2.24. The summed E-state index contributed by atoms with van der Waals surface area (Å²) in [6.07, 6.45) is 1.18. The molecule has 25 heavy (non-hydrogen) atoms. The number of nitrogens with one attached hydrogen (secondary N) is 2. The molecule has 0 atom stereocenters. The highest BCUT2D eigenvalue weighted by molar-refractivity contribution is 6.34. The molecule has 1 aliphatic heterocycles. The number of amides is 1. The van der Waals surface area contributed by atoms with Crippen molar-refractivity contribution in [1.82, 2.24) is 5.32 Å². The van der Waals surface area contributed by atoms with E-state index >= 15 is 0 Å². The van der Waals surface area contributed by atoms with Gasteiger partial charge in [-0.2, -0.15) is 0 Å². The summed E-state index contributed by atoms with van der Waals surface area (Å²) < 4.78 is 9.97. The predicted octanol–water partition coefficient (Wildman–Crippen LogP) is 2.61. The molecule has 0 radical (unpaired) electrons. The van der Waals surface area contributed by atoms with Crippen LogP contribution in [0.15, 0.2) is 30.0 Å². The predicted molar refractivity (Wildman–Crippen MR) is 92.0 cm³/mol. The first-order valence-corrected chi connectivity index (χ1v) is 8.00. The maximum absolute atomic E-state index is 12.0. The van der Waals surface area contributed by atoms with Gasteiger partial charge in [0.15, 0.2) is 5.57 Å². The van der Waals surface area contributed by atoms with E-state index in [0.717, 1.165) is 0 Å². The van der Waals surface area contributed by atoms with E-state index in [9.17, 15) is 14.4 Å². The van der Waals surface area contributed by atoms with Gasteiger partial charge in [-0.3, -0.25) is 4.79 Å². The zero-order valence-corrected chi connectivity index (χ0v) is 15.1. The first kappa shape index (κ1) is 18.8. The third-order valence-corrected chi connectivity index (χ3v) is 3.45. The van der Waals surface area contributed by atoms with E-state index in [1.165, 1.54) is 26.1 Å². The second-order valence-corrected chi connectivity index (χ2v) is 6.61. The summed E-state index contributed by atoms with van der Waals surface area (Å²) in [5, 5.41) is 5.75. The van der Waals surface area contributed by atoms with Crippen LogP contribution in [0.25, 0.3) is 0 Å². The maximum Gasteiger partial charge on any atom is 0.350 e. The monoisotopic (exact) mass is 366 g/mol. The highest BCUT2D eigenvalue weighted by atomic mass is 35.5. The first-order chi connectivity index (χ1) is 11.6. The van der Waals surface area contributed by atoms with Crippen LogP contribution in [-0.4, -0.2) is 29.7 Å². The minimum absolute atomic E-state index is 0.0151. The van der Waals surface area contributed by atoms with Crippen molar-refractivity contribution in [1.29, 1.82) is 0 Å². The zero-order valence-electron chi connectivity index (χ0n) is 14.3. The summed E-state index contributed by atoms with van der Waals surface area (Å²) in [5.41, 5.74) is 0.549. The van der Waals surface area contributed by atoms with Crippen LogP contribution >= 0.6 is 11.6 Å². The Morgan fingerprint density at radius 2 is 1.80 bits per heavy atom. The van der Waals surface area contributed by atoms with Gasteiger partial charge in [0.05, 0.1) is 10.6 Å². The van der Waals surface area contributed by atoms with Crippen LogP contribution in [0.1, 0.15) is 38.1 Å². The Morgan fingerprint density at radius 3 is 2.32 bits per heavy atom. The Bertz CT molecular complexity index is 733. The molecule has 1 amide bonds. The van der Waals surface area contributed by atoms with E-state index in [1.807, 2.05) is 13.8 Å². The van der Waals surface area contributed by atoms with Gasteiger partial charge < -0.3 is 20.1 Å². The van der Waals surface area contributed by atoms with E-state index in [1.54, 1.807) is 12.1 Å². The van der Waals surface area contributed by atoms with Gasteiger partial charge in [-0.15, -0.1) is 0 Å². The second-order valence-electron chi connectivity index (χ2n) is 6.20. The minimum Gasteiger partial charge on any atom is -0.419 e. The standard InChI is InChI=1S/C17H19ClN2O5/c1-9(2)20-14(21)11-6-5-10(7-13(11)18)19-8-12-15(22)24-17(3,4)25-16(12)23/h5-9,19H,1-4H3,(H,20,21). The third kappa shape index (κ3) is 4.73. The molecule has 1 aromatic rings. The highest BCUT2D eigenvalue weighted by Gasteiger charge is 2.38. The van der Waals surface area contributed by atoms with Gasteiger partial charge in [0.25, 0.3) is 11.7 Å². The van der Waals surface area contributed by atoms with Crippen molar-refractivity contribution in [2.24, 2.45) is 0 Å². The van der Waals surface area contributed by atoms with E-state index in [4.69, 9.17) is 21.1 Å². The Balaban J connectivity index is 2.14. The van der Waals surface area contributed by atoms with Gasteiger partial charge >= 0.3 is 11.9 Å². The number of esters is 2. The van der Waals surface area contributed by atoms with Crippen molar-refractivity contribution < 1.29 is 23.9 Å². The quantitative estimate of drug-likeness (QED) is 0.483. The van der Waals surface area contributed by atoms with Crippen molar-refractivity contribution in [2.75, 3.05) is 5.32 Å². The number of anilines is 1. The molecule has 2 rings (SSSR count). The van der Waals surface area contributed by atoms with Crippen LogP contribution in [0.2, 0.25) is 5.02 Å². The fourth-order valence-electron chi connectivity index (χ4n) is 2.06. The third-order valence-electron chi connectivity index (χ3n) is 3.13. The summed E-state index contributed by atoms with van der Waals surface area (Å²) in [7, 11) is 0. The van der Waals surface area contributed by atoms with E-state index < -0.39 is 17.7 Å². The number of cyclic esters (lactones) is 2. The summed E-state index contributed by atoms with van der Waals surface area (Å²) in [6, 6.07) is 4.64. The number of hydrogen-bond donors (Lipinski definition) is 2. The summed E-state index contributed by atoms with van der Waals surface area (Å²) in [6.45, 7) is 6.62. The number of ether oxygens (including phenoxy) is 2. The molecule has 7 nitrogen and oxygen atoms in total. The lowest BCUT2D eigenvalue weighted by Crippen LogP contribution is -2.42. The SMILES string of the molecule is CC(C)NC(=O)c1ccc(NC=C2C(=O)OC(C)(C)OC2=O)cc1Cl. The van der Waals surface area contributed by atoms with Crippen LogP contribution in [-0.2, 0) is 19.1 Å². The van der Waals surface area contributed by atoms with Crippen molar-refractivity contribution in [2.45, 2.75) is 39.5 Å². The second kappa shape index (κ2) is 7.14. The molecule has 1 fully saturated rings. The van der Waals surface area contributed by atoms with Crippen LogP contribution in [0.4, 0.5) is 5.69 Å². The lowest BCUT2D eigenvalue weighted by molar-refractivity contribution is -0.222. The zero-order chi connectivity index (χ0) is 18.8. The van der Waals surface area contributed by atoms with Crippen molar-refractivity contribution in [3.05, 3.63) is 40.6 Å². The average molecular weight is 367 g/mol. The van der Waals surface area contributed by atoms with Crippen molar-refractivity contribution >= 4 is 35.1 Å². The molecule has 0 aliphatic carbocycles. The van der Waals surface area contributed by atoms with Crippen LogP contribution in [0, 0.1) is 0 Å². The van der Waals surface area contributed by atoms with Crippen molar-refractivity contribution in [3.63, 3.8) is 0 Å². The van der Waals surface area contributed by atoms with Gasteiger partial charge in [-0.05, 0) is 32.0 Å². The molecule has 0 bridgehead atoms. The number of carbonyl (C=O) groups excluding carboxylic acids is 3. The Morgan fingerprint density at radius 1 is 1.20 bits per heavy atom. The normalized spacial score (nSPS) is 16.2. The van der Waals surface area contributed by atoms with Gasteiger partial charge in [0.1, 0.15) is 0 Å². The van der Waals surface area contributed by atoms with Gasteiger partial charge in [-0.1, -0.05) is 11.6 Å². The molecule has 1 saturated heterocycles. The number of halogens is 1. The number of benzene rings is 1. The molecule has 134 valence electrons. The molecule has 1 heterocycles. The fraction of sp³-hybridized carbons (Fsp3) is 0.353. The Hall–Kier alpha value is -2.54. The summed E-state index contributed by atoms with van der Waals surface area (Å²) in [5.74, 6) is -3.15. The van der Waals surface area contributed by atoms with Gasteiger partial charge in [0, 0.05) is 31.8 Å². The number of rotatable bonds is 4. The van der Waals surface area contributed by atoms with Crippen LogP contribution < -0.4 is 10.6 Å². The molecular formula is C17H19ClN2O5. The molecule has 0 unspecified atom stereocenters. The number of hydrogen-bond acceptors (Lipinski definition) is 6. The fourth-order valence-corrected chi connectivity index (χ4v) is 2.33. The van der Waals surface area contributed by atoms with E-state index in [0.29, 0.717) is 11.3 Å². The molecular weight excluding hydrogens is 348 g/mol. The summed E-state index contributed by atoms with van der Waals surface area (Å²) >= 11 is 6.12. The average Bonchev–Trinajstić information content (AvgIpc) is 2.44. The Labute approximate surface area is 150 Å². The first-order valence-electron chi connectivity index (χ1n) is 7.63. The van der Waals surface area contributed by atoms with Crippen LogP contribution in [0.5, 0.6) is 0 Å². The molecule has 0 spiro atoms. The molecule has 1 aromatic carbocycles. The molecule has 1 aliphatic rings. The van der Waals surface area contributed by atoms with Gasteiger partial charge in [-0.25, -0.2) is 9.59 Å². The van der Waals surface area contributed by atoms with Crippen molar-refractivity contribution in [3.8, 4) is 0 Å².